The van der Waals surface area contributed by atoms with Crippen LogP contribution in [0.2, 0.25) is 0 Å². The zero-order valence-corrected chi connectivity index (χ0v) is 19.6. The smallest absolute Gasteiger partial charge is 0.430 e. The normalized spacial score (nSPS) is 13.5. The zero-order valence-electron chi connectivity index (χ0n) is 19.6. The third-order valence-electron chi connectivity index (χ3n) is 5.54. The summed E-state index contributed by atoms with van der Waals surface area (Å²) in [4.78, 5) is 40.1. The van der Waals surface area contributed by atoms with Gasteiger partial charge in [-0.3, -0.25) is 14.6 Å². The van der Waals surface area contributed by atoms with Crippen LogP contribution in [0.4, 0.5) is 23.2 Å². The summed E-state index contributed by atoms with van der Waals surface area (Å²) < 4.78 is 44.6. The number of carbonyl (C=O) groups excluding carboxylic acids is 3. The highest BCUT2D eigenvalue weighted by molar-refractivity contribution is 6.05. The first-order valence-electron chi connectivity index (χ1n) is 11.2. The van der Waals surface area contributed by atoms with Gasteiger partial charge in [-0.2, -0.15) is 13.2 Å². The number of aromatic nitrogens is 1. The number of aliphatic carboxylic acids is 1. The van der Waals surface area contributed by atoms with Crippen molar-refractivity contribution in [3.05, 3.63) is 95.1 Å². The van der Waals surface area contributed by atoms with E-state index < -0.39 is 12.1 Å². The average Bonchev–Trinajstić information content (AvgIpc) is 2.88. The minimum atomic E-state index is -5.19. The van der Waals surface area contributed by atoms with E-state index in [1.807, 2.05) is 25.1 Å². The molecule has 1 N–H and O–H groups in total. The summed E-state index contributed by atoms with van der Waals surface area (Å²) in [7, 11) is 0. The van der Waals surface area contributed by atoms with E-state index in [0.717, 1.165) is 29.7 Å². The molecule has 7 nitrogen and oxygen atoms in total. The lowest BCUT2D eigenvalue weighted by molar-refractivity contribution is -0.344. The van der Waals surface area contributed by atoms with Gasteiger partial charge in [0.25, 0.3) is 11.8 Å². The SMILES string of the molecule is CC(NC(=O)c1ccc(F)cc1)c1ccc2c(c1)CCCN2C(=O)c1ccccn1.O=C([O-])C(F)(F)F. The van der Waals surface area contributed by atoms with E-state index in [1.165, 1.54) is 24.3 Å². The fourth-order valence-corrected chi connectivity index (χ4v) is 3.69. The highest BCUT2D eigenvalue weighted by Gasteiger charge is 2.29. The molecular formula is C26H22F4N3O4-. The summed E-state index contributed by atoms with van der Waals surface area (Å²) in [5.74, 6) is -3.75. The Bertz CT molecular complexity index is 1270. The van der Waals surface area contributed by atoms with Gasteiger partial charge in [0.15, 0.2) is 0 Å². The molecule has 11 heteroatoms. The van der Waals surface area contributed by atoms with Crippen molar-refractivity contribution in [2.24, 2.45) is 0 Å². The van der Waals surface area contributed by atoms with Gasteiger partial charge in [-0.15, -0.1) is 0 Å². The molecule has 3 aromatic rings. The number of fused-ring (bicyclic) bond motifs is 1. The van der Waals surface area contributed by atoms with Crippen LogP contribution in [-0.2, 0) is 11.2 Å². The largest absolute Gasteiger partial charge is 0.542 e. The third kappa shape index (κ3) is 7.12. The first-order chi connectivity index (χ1) is 17.5. The van der Waals surface area contributed by atoms with Crippen LogP contribution in [-0.4, -0.2) is 35.5 Å². The summed E-state index contributed by atoms with van der Waals surface area (Å²) in [5.41, 5.74) is 3.75. The maximum absolute atomic E-state index is 13.1. The molecule has 0 fully saturated rings. The number of pyridine rings is 1. The number of halogens is 4. The van der Waals surface area contributed by atoms with Gasteiger partial charge in [0, 0.05) is 24.0 Å². The van der Waals surface area contributed by atoms with Gasteiger partial charge in [0.05, 0.1) is 6.04 Å². The van der Waals surface area contributed by atoms with E-state index in [0.29, 0.717) is 17.8 Å². The molecule has 0 aliphatic carbocycles. The molecule has 0 bridgehead atoms. The Morgan fingerprint density at radius 2 is 1.73 bits per heavy atom. The van der Waals surface area contributed by atoms with Gasteiger partial charge >= 0.3 is 6.18 Å². The van der Waals surface area contributed by atoms with E-state index in [1.54, 1.807) is 29.3 Å². The van der Waals surface area contributed by atoms with Crippen molar-refractivity contribution in [1.82, 2.24) is 10.3 Å². The van der Waals surface area contributed by atoms with Gasteiger partial charge in [-0.25, -0.2) is 4.39 Å². The molecule has 0 saturated heterocycles. The molecule has 2 amide bonds. The number of aryl methyl sites for hydroxylation is 1. The predicted molar refractivity (Wildman–Crippen MR) is 124 cm³/mol. The standard InChI is InChI=1S/C24H22FN3O2.C2HF3O2/c1-16(27-23(29)17-7-10-20(25)11-8-17)18-9-12-22-19(15-18)5-4-14-28(22)24(30)21-6-2-3-13-26-21;3-2(4,5)1(6)7/h2-3,6-13,15-16H,4-5,14H2,1H3,(H,27,29);(H,6,7)/p-1. The Labute approximate surface area is 209 Å². The Morgan fingerprint density at radius 1 is 1.05 bits per heavy atom. The summed E-state index contributed by atoms with van der Waals surface area (Å²) in [6.07, 6.45) is -1.84. The second-order valence-electron chi connectivity index (χ2n) is 8.15. The fourth-order valence-electron chi connectivity index (χ4n) is 3.69. The van der Waals surface area contributed by atoms with Crippen molar-refractivity contribution in [3.63, 3.8) is 0 Å². The van der Waals surface area contributed by atoms with Crippen LogP contribution in [0.3, 0.4) is 0 Å². The van der Waals surface area contributed by atoms with Gasteiger partial charge in [0.2, 0.25) is 0 Å². The van der Waals surface area contributed by atoms with Crippen molar-refractivity contribution in [1.29, 1.82) is 0 Å². The molecule has 1 atom stereocenters. The number of benzene rings is 2. The number of alkyl halides is 3. The molecule has 1 unspecified atom stereocenters. The molecule has 1 aromatic heterocycles. The molecular weight excluding hydrogens is 494 g/mol. The topological polar surface area (TPSA) is 102 Å². The van der Waals surface area contributed by atoms with Crippen LogP contribution in [0, 0.1) is 5.82 Å². The predicted octanol–water partition coefficient (Wildman–Crippen LogP) is 3.60. The molecule has 1 aliphatic heterocycles. The lowest BCUT2D eigenvalue weighted by Crippen LogP contribution is -2.37. The molecule has 1 aliphatic rings. The fraction of sp³-hybridized carbons (Fsp3) is 0.231. The van der Waals surface area contributed by atoms with E-state index in [4.69, 9.17) is 9.90 Å². The Morgan fingerprint density at radius 3 is 2.32 bits per heavy atom. The van der Waals surface area contributed by atoms with E-state index in [-0.39, 0.29) is 23.7 Å². The lowest BCUT2D eigenvalue weighted by atomic mass is 9.96. The van der Waals surface area contributed by atoms with Gasteiger partial charge < -0.3 is 20.1 Å². The number of anilines is 1. The summed E-state index contributed by atoms with van der Waals surface area (Å²) in [5, 5.41) is 11.7. The van der Waals surface area contributed by atoms with Gasteiger partial charge in [-0.05, 0) is 73.4 Å². The molecule has 4 rings (SSSR count). The van der Waals surface area contributed by atoms with Crippen LogP contribution in [0.15, 0.2) is 66.9 Å². The van der Waals surface area contributed by atoms with Crippen molar-refractivity contribution in [3.8, 4) is 0 Å². The number of carboxylic acid groups (broad SMARTS) is 1. The van der Waals surface area contributed by atoms with Gasteiger partial charge in [-0.1, -0.05) is 18.2 Å². The number of hydrogen-bond donors (Lipinski definition) is 1. The number of carbonyl (C=O) groups is 3. The number of nitrogens with zero attached hydrogens (tertiary/aromatic N) is 2. The zero-order chi connectivity index (χ0) is 27.2. The molecule has 0 saturated carbocycles. The Balaban J connectivity index is 0.000000479. The highest BCUT2D eigenvalue weighted by atomic mass is 19.4. The Hall–Kier alpha value is -4.28. The highest BCUT2D eigenvalue weighted by Crippen LogP contribution is 2.31. The summed E-state index contributed by atoms with van der Waals surface area (Å²) in [6.45, 7) is 2.56. The second kappa shape index (κ2) is 11.6. The molecule has 0 radical (unpaired) electrons. The average molecular weight is 516 g/mol. The number of amides is 2. The minimum absolute atomic E-state index is 0.109. The third-order valence-corrected chi connectivity index (χ3v) is 5.54. The first-order valence-corrected chi connectivity index (χ1v) is 11.2. The van der Waals surface area contributed by atoms with Crippen LogP contribution in [0.1, 0.15) is 51.4 Å². The molecule has 2 heterocycles. The molecule has 0 spiro atoms. The number of nitrogens with one attached hydrogen (secondary N) is 1. The van der Waals surface area contributed by atoms with E-state index in [2.05, 4.69) is 10.3 Å². The monoisotopic (exact) mass is 516 g/mol. The second-order valence-corrected chi connectivity index (χ2v) is 8.15. The van der Waals surface area contributed by atoms with Crippen LogP contribution >= 0.6 is 0 Å². The summed E-state index contributed by atoms with van der Waals surface area (Å²) in [6, 6.07) is 16.5. The van der Waals surface area contributed by atoms with E-state index in [9.17, 15) is 27.2 Å². The number of rotatable bonds is 4. The van der Waals surface area contributed by atoms with Crippen LogP contribution < -0.4 is 15.3 Å². The maximum Gasteiger partial charge on any atom is 0.430 e. The quantitative estimate of drug-likeness (QED) is 0.534. The van der Waals surface area contributed by atoms with Crippen molar-refractivity contribution in [2.75, 3.05) is 11.4 Å². The molecule has 37 heavy (non-hydrogen) atoms. The summed E-state index contributed by atoms with van der Waals surface area (Å²) >= 11 is 0. The van der Waals surface area contributed by atoms with Crippen molar-refractivity contribution in [2.45, 2.75) is 32.0 Å². The Kier molecular flexibility index (Phi) is 8.59. The van der Waals surface area contributed by atoms with Crippen LogP contribution in [0.25, 0.3) is 0 Å². The number of carboxylic acids is 1. The van der Waals surface area contributed by atoms with Crippen molar-refractivity contribution < 1.29 is 37.1 Å². The number of hydrogen-bond acceptors (Lipinski definition) is 5. The van der Waals surface area contributed by atoms with Gasteiger partial charge in [0.1, 0.15) is 17.5 Å². The van der Waals surface area contributed by atoms with Crippen LogP contribution in [0.5, 0.6) is 0 Å². The lowest BCUT2D eigenvalue weighted by Gasteiger charge is -2.30. The maximum atomic E-state index is 13.1. The first kappa shape index (κ1) is 27.3. The van der Waals surface area contributed by atoms with E-state index >= 15 is 0 Å². The minimum Gasteiger partial charge on any atom is -0.542 e. The van der Waals surface area contributed by atoms with Crippen molar-refractivity contribution >= 4 is 23.5 Å². The molecule has 194 valence electrons. The molecule has 2 aromatic carbocycles.